The number of imidazole rings is 1. The highest BCUT2D eigenvalue weighted by Gasteiger charge is 2.51. The van der Waals surface area contributed by atoms with Crippen molar-refractivity contribution >= 4 is 17.1 Å². The highest BCUT2D eigenvalue weighted by atomic mass is 16.5. The van der Waals surface area contributed by atoms with Gasteiger partial charge < -0.3 is 25.4 Å². The van der Waals surface area contributed by atoms with E-state index in [9.17, 15) is 10.2 Å². The first-order chi connectivity index (χ1) is 10.4. The van der Waals surface area contributed by atoms with Crippen molar-refractivity contribution in [3.05, 3.63) is 6.33 Å². The SMILES string of the molecule is COc1nc(N)nc2c1ncn2[C@@H]1O[C@H](CO)[C@@H](O)C1(C)C. The van der Waals surface area contributed by atoms with Crippen molar-refractivity contribution in [3.8, 4) is 5.88 Å². The van der Waals surface area contributed by atoms with Gasteiger partial charge in [-0.05, 0) is 0 Å². The number of ether oxygens (including phenoxy) is 2. The third-order valence-electron chi connectivity index (χ3n) is 4.09. The van der Waals surface area contributed by atoms with Crippen molar-refractivity contribution in [1.29, 1.82) is 0 Å². The molecule has 0 bridgehead atoms. The summed E-state index contributed by atoms with van der Waals surface area (Å²) < 4.78 is 12.6. The van der Waals surface area contributed by atoms with Crippen molar-refractivity contribution in [2.45, 2.75) is 32.3 Å². The van der Waals surface area contributed by atoms with Crippen molar-refractivity contribution in [3.63, 3.8) is 0 Å². The molecule has 1 aliphatic rings. The van der Waals surface area contributed by atoms with Crippen LogP contribution in [0.25, 0.3) is 11.2 Å². The van der Waals surface area contributed by atoms with Crippen LogP contribution in [-0.2, 0) is 4.74 Å². The zero-order chi connectivity index (χ0) is 16.1. The smallest absolute Gasteiger partial charge is 0.246 e. The number of methoxy groups -OCH3 is 1. The van der Waals surface area contributed by atoms with Crippen LogP contribution in [0.4, 0.5) is 5.95 Å². The third kappa shape index (κ3) is 2.01. The number of rotatable bonds is 3. The Hall–Kier alpha value is -1.97. The highest BCUT2D eigenvalue weighted by Crippen LogP contribution is 2.45. The van der Waals surface area contributed by atoms with E-state index >= 15 is 0 Å². The van der Waals surface area contributed by atoms with Gasteiger partial charge in [0, 0.05) is 5.41 Å². The maximum Gasteiger partial charge on any atom is 0.246 e. The standard InChI is InChI=1S/C13H19N5O4/c1-13(2)8(20)6(4-19)22-11(13)18-5-15-7-9(18)16-12(14)17-10(7)21-3/h5-6,8,11,19-20H,4H2,1-3H3,(H2,14,16,17)/t6-,8-,11-/m1/s1. The summed E-state index contributed by atoms with van der Waals surface area (Å²) >= 11 is 0. The van der Waals surface area contributed by atoms with Gasteiger partial charge in [0.2, 0.25) is 11.8 Å². The number of aromatic nitrogens is 4. The van der Waals surface area contributed by atoms with Gasteiger partial charge in [-0.25, -0.2) is 4.98 Å². The number of nitrogen functional groups attached to an aromatic ring is 1. The number of nitrogens with two attached hydrogens (primary N) is 1. The largest absolute Gasteiger partial charge is 0.479 e. The second-order valence-electron chi connectivity index (χ2n) is 5.89. The van der Waals surface area contributed by atoms with Crippen LogP contribution in [0.1, 0.15) is 20.1 Å². The van der Waals surface area contributed by atoms with Crippen molar-refractivity contribution in [1.82, 2.24) is 19.5 Å². The van der Waals surface area contributed by atoms with Crippen molar-refractivity contribution < 1.29 is 19.7 Å². The van der Waals surface area contributed by atoms with E-state index in [4.69, 9.17) is 15.2 Å². The Morgan fingerprint density at radius 2 is 2.18 bits per heavy atom. The lowest BCUT2D eigenvalue weighted by Gasteiger charge is -2.28. The predicted octanol–water partition coefficient (Wildman–Crippen LogP) is -0.306. The van der Waals surface area contributed by atoms with Gasteiger partial charge in [-0.3, -0.25) is 4.57 Å². The quantitative estimate of drug-likeness (QED) is 0.704. The van der Waals surface area contributed by atoms with Gasteiger partial charge in [0.05, 0.1) is 26.1 Å². The zero-order valence-corrected chi connectivity index (χ0v) is 12.6. The molecule has 3 atom stereocenters. The molecule has 1 fully saturated rings. The van der Waals surface area contributed by atoms with E-state index in [0.717, 1.165) is 0 Å². The number of anilines is 1. The summed E-state index contributed by atoms with van der Waals surface area (Å²) in [7, 11) is 1.47. The van der Waals surface area contributed by atoms with E-state index in [0.29, 0.717) is 11.2 Å². The number of aliphatic hydroxyl groups is 2. The van der Waals surface area contributed by atoms with Gasteiger partial charge in [-0.1, -0.05) is 13.8 Å². The van der Waals surface area contributed by atoms with E-state index in [1.54, 1.807) is 10.9 Å². The molecular formula is C13H19N5O4. The van der Waals surface area contributed by atoms with Gasteiger partial charge in [-0.2, -0.15) is 9.97 Å². The molecule has 2 aromatic heterocycles. The average Bonchev–Trinajstić information content (AvgIpc) is 2.98. The molecule has 1 aliphatic heterocycles. The second kappa shape index (κ2) is 5.04. The molecule has 0 saturated carbocycles. The van der Waals surface area contributed by atoms with E-state index in [1.807, 2.05) is 13.8 Å². The molecule has 0 aliphatic carbocycles. The Labute approximate surface area is 126 Å². The number of hydrogen-bond acceptors (Lipinski definition) is 8. The first-order valence-electron chi connectivity index (χ1n) is 6.88. The van der Waals surface area contributed by atoms with Gasteiger partial charge >= 0.3 is 0 Å². The number of aliphatic hydroxyl groups excluding tert-OH is 2. The predicted molar refractivity (Wildman–Crippen MR) is 77.1 cm³/mol. The molecule has 0 aromatic carbocycles. The van der Waals surface area contributed by atoms with Gasteiger partial charge in [0.25, 0.3) is 0 Å². The summed E-state index contributed by atoms with van der Waals surface area (Å²) in [6.07, 6.45) is -0.497. The molecule has 0 unspecified atom stereocenters. The molecule has 120 valence electrons. The molecule has 4 N–H and O–H groups in total. The zero-order valence-electron chi connectivity index (χ0n) is 12.6. The molecule has 3 heterocycles. The minimum absolute atomic E-state index is 0.0566. The number of fused-ring (bicyclic) bond motifs is 1. The number of hydrogen-bond donors (Lipinski definition) is 3. The molecule has 3 rings (SSSR count). The monoisotopic (exact) mass is 309 g/mol. The molecule has 0 radical (unpaired) electrons. The van der Waals surface area contributed by atoms with Crippen LogP contribution >= 0.6 is 0 Å². The summed E-state index contributed by atoms with van der Waals surface area (Å²) in [5, 5.41) is 19.7. The highest BCUT2D eigenvalue weighted by molar-refractivity contribution is 5.77. The summed E-state index contributed by atoms with van der Waals surface area (Å²) in [5.74, 6) is 0.331. The molecule has 9 nitrogen and oxygen atoms in total. The third-order valence-corrected chi connectivity index (χ3v) is 4.09. The molecule has 2 aromatic rings. The van der Waals surface area contributed by atoms with E-state index in [1.165, 1.54) is 7.11 Å². The number of nitrogens with zero attached hydrogens (tertiary/aromatic N) is 4. The maximum atomic E-state index is 10.3. The molecule has 1 saturated heterocycles. The summed E-state index contributed by atoms with van der Waals surface area (Å²) in [6.45, 7) is 3.44. The van der Waals surface area contributed by atoms with Crippen molar-refractivity contribution in [2.75, 3.05) is 19.5 Å². The van der Waals surface area contributed by atoms with Gasteiger partial charge in [-0.15, -0.1) is 0 Å². The Morgan fingerprint density at radius 1 is 1.45 bits per heavy atom. The molecule has 0 spiro atoms. The van der Waals surface area contributed by atoms with Crippen LogP contribution in [0.2, 0.25) is 0 Å². The Bertz CT molecular complexity index is 701. The Balaban J connectivity index is 2.13. The first kappa shape index (κ1) is 14.9. The fraction of sp³-hybridized carbons (Fsp3) is 0.615. The van der Waals surface area contributed by atoms with Crippen LogP contribution in [-0.4, -0.2) is 55.7 Å². The second-order valence-corrected chi connectivity index (χ2v) is 5.89. The van der Waals surface area contributed by atoms with E-state index < -0.39 is 23.9 Å². The minimum Gasteiger partial charge on any atom is -0.479 e. The molecule has 22 heavy (non-hydrogen) atoms. The van der Waals surface area contributed by atoms with Crippen LogP contribution in [0.3, 0.4) is 0 Å². The van der Waals surface area contributed by atoms with E-state index in [2.05, 4.69) is 15.0 Å². The fourth-order valence-corrected chi connectivity index (χ4v) is 2.83. The van der Waals surface area contributed by atoms with Crippen LogP contribution in [0, 0.1) is 5.41 Å². The topological polar surface area (TPSA) is 129 Å². The van der Waals surface area contributed by atoms with Crippen molar-refractivity contribution in [2.24, 2.45) is 5.41 Å². The Kier molecular flexibility index (Phi) is 3.42. The minimum atomic E-state index is -0.818. The van der Waals surface area contributed by atoms with Crippen LogP contribution < -0.4 is 10.5 Å². The summed E-state index contributed by atoms with van der Waals surface area (Å²) in [4.78, 5) is 12.4. The lowest BCUT2D eigenvalue weighted by Crippen LogP contribution is -2.35. The lowest BCUT2D eigenvalue weighted by molar-refractivity contribution is -0.0492. The molecular weight excluding hydrogens is 290 g/mol. The molecule has 0 amide bonds. The van der Waals surface area contributed by atoms with Crippen LogP contribution in [0.15, 0.2) is 6.33 Å². The van der Waals surface area contributed by atoms with Crippen LogP contribution in [0.5, 0.6) is 5.88 Å². The maximum absolute atomic E-state index is 10.3. The first-order valence-corrected chi connectivity index (χ1v) is 6.88. The normalized spacial score (nSPS) is 27.4. The fourth-order valence-electron chi connectivity index (χ4n) is 2.83. The Morgan fingerprint density at radius 3 is 2.77 bits per heavy atom. The van der Waals surface area contributed by atoms with Gasteiger partial charge in [0.15, 0.2) is 11.2 Å². The summed E-state index contributed by atoms with van der Waals surface area (Å²) in [5.41, 5.74) is 5.97. The summed E-state index contributed by atoms with van der Waals surface area (Å²) in [6, 6.07) is 0. The lowest BCUT2D eigenvalue weighted by atomic mass is 9.84. The molecule has 9 heteroatoms. The van der Waals surface area contributed by atoms with Gasteiger partial charge in [0.1, 0.15) is 12.3 Å². The van der Waals surface area contributed by atoms with E-state index in [-0.39, 0.29) is 18.4 Å². The average molecular weight is 309 g/mol.